The Hall–Kier alpha value is -2.41. The van der Waals surface area contributed by atoms with Crippen LogP contribution in [0.5, 0.6) is 0 Å². The first kappa shape index (κ1) is 21.4. The van der Waals surface area contributed by atoms with Crippen molar-refractivity contribution in [3.63, 3.8) is 0 Å². The van der Waals surface area contributed by atoms with Gasteiger partial charge in [-0.25, -0.2) is 4.39 Å². The molecule has 1 atom stereocenters. The molecule has 0 bridgehead atoms. The Morgan fingerprint density at radius 2 is 1.91 bits per heavy atom. The fourth-order valence-corrected chi connectivity index (χ4v) is 5.19. The van der Waals surface area contributed by atoms with Crippen molar-refractivity contribution >= 4 is 34.8 Å². The molecule has 2 aromatic carbocycles. The second-order valence-corrected chi connectivity index (χ2v) is 9.74. The standard InChI is InChI=1S/C24H23Cl2FN4O/c1-12(2)21-18-20(28-30(21)10-9-29(3)4)24(32)31-22(18)14-6-5-13(25)11-16(14)15-7-8-17(26)19(27)23(15)31/h5-8,11-12,22H,9-10H2,1-4H3. The molecule has 2 aliphatic rings. The molecule has 1 amide bonds. The van der Waals surface area contributed by atoms with Gasteiger partial charge in [-0.05, 0) is 49.3 Å². The van der Waals surface area contributed by atoms with Gasteiger partial charge in [-0.3, -0.25) is 14.4 Å². The lowest BCUT2D eigenvalue weighted by Gasteiger charge is -2.35. The van der Waals surface area contributed by atoms with E-state index in [0.717, 1.165) is 28.9 Å². The number of carbonyl (C=O) groups excluding carboxylic acids is 1. The van der Waals surface area contributed by atoms with Crippen LogP contribution in [-0.4, -0.2) is 41.2 Å². The van der Waals surface area contributed by atoms with Gasteiger partial charge in [0.25, 0.3) is 5.91 Å². The number of halogens is 3. The first-order valence-electron chi connectivity index (χ1n) is 10.6. The number of amides is 1. The summed E-state index contributed by atoms with van der Waals surface area (Å²) in [6.45, 7) is 5.64. The van der Waals surface area contributed by atoms with Crippen LogP contribution in [0.1, 0.15) is 53.1 Å². The Morgan fingerprint density at radius 1 is 1.16 bits per heavy atom. The maximum absolute atomic E-state index is 15.4. The third-order valence-corrected chi connectivity index (χ3v) is 6.73. The van der Waals surface area contributed by atoms with Crippen LogP contribution in [-0.2, 0) is 6.54 Å². The van der Waals surface area contributed by atoms with Gasteiger partial charge < -0.3 is 4.90 Å². The smallest absolute Gasteiger partial charge is 0.280 e. The van der Waals surface area contributed by atoms with Gasteiger partial charge >= 0.3 is 0 Å². The van der Waals surface area contributed by atoms with Gasteiger partial charge in [0.1, 0.15) is 0 Å². The van der Waals surface area contributed by atoms with E-state index in [1.165, 1.54) is 11.0 Å². The van der Waals surface area contributed by atoms with Gasteiger partial charge in [-0.1, -0.05) is 49.2 Å². The molecule has 0 saturated carbocycles. The van der Waals surface area contributed by atoms with Gasteiger partial charge in [0, 0.05) is 28.4 Å². The predicted octanol–water partition coefficient (Wildman–Crippen LogP) is 5.74. The van der Waals surface area contributed by atoms with Crippen LogP contribution in [0.25, 0.3) is 11.1 Å². The molecule has 0 fully saturated rings. The number of hydrogen-bond acceptors (Lipinski definition) is 3. The minimum atomic E-state index is -0.607. The second-order valence-electron chi connectivity index (χ2n) is 8.90. The van der Waals surface area contributed by atoms with E-state index in [1.807, 2.05) is 37.0 Å². The van der Waals surface area contributed by atoms with Crippen LogP contribution < -0.4 is 4.90 Å². The van der Waals surface area contributed by atoms with E-state index in [2.05, 4.69) is 18.7 Å². The summed E-state index contributed by atoms with van der Waals surface area (Å²) in [4.78, 5) is 17.3. The van der Waals surface area contributed by atoms with Crippen molar-refractivity contribution in [1.29, 1.82) is 0 Å². The van der Waals surface area contributed by atoms with Crippen molar-refractivity contribution < 1.29 is 9.18 Å². The highest BCUT2D eigenvalue weighted by Gasteiger charge is 2.49. The minimum Gasteiger partial charge on any atom is -0.308 e. The summed E-state index contributed by atoms with van der Waals surface area (Å²) in [5.74, 6) is -0.786. The summed E-state index contributed by atoms with van der Waals surface area (Å²) in [6.07, 6.45) is 0. The van der Waals surface area contributed by atoms with E-state index in [1.54, 1.807) is 6.07 Å². The molecule has 0 spiro atoms. The highest BCUT2D eigenvalue weighted by Crippen LogP contribution is 2.54. The molecule has 0 N–H and O–H groups in total. The number of anilines is 1. The summed E-state index contributed by atoms with van der Waals surface area (Å²) in [6, 6.07) is 8.35. The van der Waals surface area contributed by atoms with Crippen molar-refractivity contribution in [2.24, 2.45) is 0 Å². The Bertz CT molecular complexity index is 1270. The van der Waals surface area contributed by atoms with Crippen molar-refractivity contribution in [1.82, 2.24) is 14.7 Å². The molecule has 0 saturated heterocycles. The second kappa shape index (κ2) is 7.58. The predicted molar refractivity (Wildman–Crippen MR) is 125 cm³/mol. The van der Waals surface area contributed by atoms with E-state index in [4.69, 9.17) is 28.3 Å². The zero-order chi connectivity index (χ0) is 22.9. The van der Waals surface area contributed by atoms with Crippen LogP contribution in [0.15, 0.2) is 30.3 Å². The molecule has 5 rings (SSSR count). The molecule has 0 aliphatic carbocycles. The number of carbonyl (C=O) groups is 1. The van der Waals surface area contributed by atoms with Crippen molar-refractivity contribution in [3.8, 4) is 11.1 Å². The van der Waals surface area contributed by atoms with Gasteiger partial charge in [-0.2, -0.15) is 5.10 Å². The van der Waals surface area contributed by atoms with E-state index in [0.29, 0.717) is 22.8 Å². The van der Waals surface area contributed by atoms with Crippen LogP contribution in [0.2, 0.25) is 10.0 Å². The van der Waals surface area contributed by atoms with Gasteiger partial charge in [0.2, 0.25) is 0 Å². The van der Waals surface area contributed by atoms with Crippen molar-refractivity contribution in [2.75, 3.05) is 25.5 Å². The monoisotopic (exact) mass is 472 g/mol. The van der Waals surface area contributed by atoms with Crippen LogP contribution >= 0.6 is 23.2 Å². The first-order valence-corrected chi connectivity index (χ1v) is 11.3. The van der Waals surface area contributed by atoms with E-state index >= 15 is 4.39 Å². The molecule has 3 aromatic rings. The number of nitrogens with zero attached hydrogens (tertiary/aromatic N) is 4. The van der Waals surface area contributed by atoms with Gasteiger partial charge in [0.15, 0.2) is 11.5 Å². The zero-order valence-electron chi connectivity index (χ0n) is 18.3. The average Bonchev–Trinajstić information content (AvgIpc) is 3.24. The van der Waals surface area contributed by atoms with Crippen LogP contribution in [0.4, 0.5) is 10.1 Å². The largest absolute Gasteiger partial charge is 0.308 e. The van der Waals surface area contributed by atoms with Crippen molar-refractivity contribution in [2.45, 2.75) is 32.4 Å². The number of aromatic nitrogens is 2. The van der Waals surface area contributed by atoms with E-state index in [-0.39, 0.29) is 22.5 Å². The molecule has 1 unspecified atom stereocenters. The van der Waals surface area contributed by atoms with E-state index in [9.17, 15) is 4.79 Å². The molecule has 1 aromatic heterocycles. The third kappa shape index (κ3) is 3.00. The Balaban J connectivity index is 1.79. The van der Waals surface area contributed by atoms with E-state index < -0.39 is 11.9 Å². The Morgan fingerprint density at radius 3 is 2.59 bits per heavy atom. The van der Waals surface area contributed by atoms with Gasteiger partial charge in [0.05, 0.1) is 23.3 Å². The summed E-state index contributed by atoms with van der Waals surface area (Å²) >= 11 is 12.5. The number of benzene rings is 2. The molecule has 0 radical (unpaired) electrons. The zero-order valence-corrected chi connectivity index (χ0v) is 19.8. The summed E-state index contributed by atoms with van der Waals surface area (Å²) < 4.78 is 17.3. The number of hydrogen-bond donors (Lipinski definition) is 0. The Labute approximate surface area is 196 Å². The molecule has 8 heteroatoms. The SMILES string of the molecule is CC(C)c1c2c(nn1CCN(C)C)C(=O)N1c3c(ccc(Cl)c3F)-c3cc(Cl)ccc3C21. The lowest BCUT2D eigenvalue weighted by Crippen LogP contribution is -2.34. The normalized spacial score (nSPS) is 16.5. The van der Waals surface area contributed by atoms with Crippen LogP contribution in [0.3, 0.4) is 0 Å². The Kier molecular flexibility index (Phi) is 5.08. The molecular formula is C24H23Cl2FN4O. The number of likely N-dealkylation sites (N-methyl/N-ethyl adjacent to an activating group) is 1. The molecule has 32 heavy (non-hydrogen) atoms. The summed E-state index contributed by atoms with van der Waals surface area (Å²) in [5, 5.41) is 5.25. The highest BCUT2D eigenvalue weighted by atomic mass is 35.5. The van der Waals surface area contributed by atoms with Gasteiger partial charge in [-0.15, -0.1) is 0 Å². The molecule has 166 valence electrons. The fourth-order valence-electron chi connectivity index (χ4n) is 4.87. The topological polar surface area (TPSA) is 41.4 Å². The van der Waals surface area contributed by atoms with Crippen LogP contribution in [0, 0.1) is 5.82 Å². The molecule has 3 heterocycles. The first-order chi connectivity index (χ1) is 15.2. The number of rotatable bonds is 4. The molecular weight excluding hydrogens is 450 g/mol. The lowest BCUT2D eigenvalue weighted by molar-refractivity contribution is 0.0986. The molecule has 5 nitrogen and oxygen atoms in total. The van der Waals surface area contributed by atoms with Crippen molar-refractivity contribution in [3.05, 3.63) is 68.7 Å². The summed E-state index contributed by atoms with van der Waals surface area (Å²) in [7, 11) is 4.01. The molecule has 2 aliphatic heterocycles. The lowest BCUT2D eigenvalue weighted by atomic mass is 9.85. The fraction of sp³-hybridized carbons (Fsp3) is 0.333. The maximum Gasteiger partial charge on any atom is 0.280 e. The quantitative estimate of drug-likeness (QED) is 0.485. The number of fused-ring (bicyclic) bond motifs is 8. The summed E-state index contributed by atoms with van der Waals surface area (Å²) in [5.41, 5.74) is 4.73. The maximum atomic E-state index is 15.4. The third-order valence-electron chi connectivity index (χ3n) is 6.20. The highest BCUT2D eigenvalue weighted by molar-refractivity contribution is 6.32. The minimum absolute atomic E-state index is 0.0227. The average molecular weight is 473 g/mol.